The van der Waals surface area contributed by atoms with Gasteiger partial charge in [-0.05, 0) is 72.6 Å². The molecule has 0 aliphatic carbocycles. The van der Waals surface area contributed by atoms with Gasteiger partial charge in [0.2, 0.25) is 0 Å². The van der Waals surface area contributed by atoms with Gasteiger partial charge in [-0.25, -0.2) is 0 Å². The predicted octanol–water partition coefficient (Wildman–Crippen LogP) is 5.24. The number of nitrogens with zero attached hydrogens (tertiary/aromatic N) is 1. The molecule has 36 heavy (non-hydrogen) atoms. The van der Waals surface area contributed by atoms with E-state index in [-0.39, 0.29) is 18.4 Å². The fourth-order valence-corrected chi connectivity index (χ4v) is 3.51. The Hall–Kier alpha value is -4.65. The number of hydrogen-bond donors (Lipinski definition) is 2. The van der Waals surface area contributed by atoms with Crippen LogP contribution in [0.3, 0.4) is 0 Å². The molecule has 0 atom stereocenters. The first kappa shape index (κ1) is 24.5. The number of carbonyl (C=O) groups excluding carboxylic acids is 2. The van der Waals surface area contributed by atoms with Gasteiger partial charge in [-0.1, -0.05) is 30.3 Å². The summed E-state index contributed by atoms with van der Waals surface area (Å²) in [5, 5.41) is 5.77. The van der Waals surface area contributed by atoms with Crippen molar-refractivity contribution in [2.45, 2.75) is 20.1 Å². The van der Waals surface area contributed by atoms with Gasteiger partial charge in [-0.2, -0.15) is 0 Å². The zero-order valence-corrected chi connectivity index (χ0v) is 19.9. The van der Waals surface area contributed by atoms with E-state index in [0.717, 1.165) is 16.8 Å². The molecule has 0 aliphatic rings. The summed E-state index contributed by atoms with van der Waals surface area (Å²) in [6.07, 6.45) is 3.42. The van der Waals surface area contributed by atoms with Gasteiger partial charge >= 0.3 is 0 Å². The summed E-state index contributed by atoms with van der Waals surface area (Å²) in [4.78, 5) is 29.4. The highest BCUT2D eigenvalue weighted by molar-refractivity contribution is 6.04. The summed E-state index contributed by atoms with van der Waals surface area (Å²) >= 11 is 0. The number of aromatic nitrogens is 1. The van der Waals surface area contributed by atoms with E-state index in [4.69, 9.17) is 9.47 Å². The van der Waals surface area contributed by atoms with Crippen molar-refractivity contribution in [2.75, 3.05) is 11.9 Å². The molecule has 0 unspecified atom stereocenters. The van der Waals surface area contributed by atoms with E-state index in [1.165, 1.54) is 0 Å². The van der Waals surface area contributed by atoms with Crippen molar-refractivity contribution in [2.24, 2.45) is 0 Å². The second-order valence-corrected chi connectivity index (χ2v) is 7.94. The van der Waals surface area contributed by atoms with E-state index in [9.17, 15) is 9.59 Å². The Morgan fingerprint density at radius 3 is 2.31 bits per heavy atom. The zero-order valence-electron chi connectivity index (χ0n) is 19.9. The lowest BCUT2D eigenvalue weighted by molar-refractivity contribution is 0.0950. The van der Waals surface area contributed by atoms with Gasteiger partial charge in [-0.15, -0.1) is 0 Å². The lowest BCUT2D eigenvalue weighted by Gasteiger charge is -2.14. The number of hydrogen-bond acceptors (Lipinski definition) is 5. The minimum absolute atomic E-state index is 0.210. The maximum atomic E-state index is 12.8. The Balaban J connectivity index is 1.38. The van der Waals surface area contributed by atoms with Crippen molar-refractivity contribution in [3.8, 4) is 11.5 Å². The fourth-order valence-electron chi connectivity index (χ4n) is 3.51. The molecule has 4 aromatic rings. The van der Waals surface area contributed by atoms with Crippen LogP contribution in [0.15, 0.2) is 97.3 Å². The average Bonchev–Trinajstić information content (AvgIpc) is 2.92. The third kappa shape index (κ3) is 6.70. The third-order valence-corrected chi connectivity index (χ3v) is 5.32. The number of anilines is 1. The first-order chi connectivity index (χ1) is 17.6. The van der Waals surface area contributed by atoms with E-state index < -0.39 is 0 Å². The van der Waals surface area contributed by atoms with Crippen LogP contribution in [0.1, 0.15) is 38.8 Å². The normalized spacial score (nSPS) is 10.4. The Morgan fingerprint density at radius 1 is 0.750 bits per heavy atom. The first-order valence-electron chi connectivity index (χ1n) is 11.6. The predicted molar refractivity (Wildman–Crippen MR) is 138 cm³/mol. The van der Waals surface area contributed by atoms with Crippen LogP contribution >= 0.6 is 0 Å². The van der Waals surface area contributed by atoms with E-state index in [1.54, 1.807) is 48.8 Å². The van der Waals surface area contributed by atoms with Gasteiger partial charge in [0.05, 0.1) is 6.61 Å². The number of rotatable bonds is 10. The van der Waals surface area contributed by atoms with Crippen molar-refractivity contribution in [3.63, 3.8) is 0 Å². The van der Waals surface area contributed by atoms with Crippen LogP contribution in [0.5, 0.6) is 11.5 Å². The van der Waals surface area contributed by atoms with Crippen molar-refractivity contribution in [3.05, 3.63) is 120 Å². The Labute approximate surface area is 210 Å². The Kier molecular flexibility index (Phi) is 8.27. The van der Waals surface area contributed by atoms with Gasteiger partial charge in [0, 0.05) is 35.8 Å². The third-order valence-electron chi connectivity index (χ3n) is 5.32. The lowest BCUT2D eigenvalue weighted by Crippen LogP contribution is -2.23. The van der Waals surface area contributed by atoms with E-state index in [2.05, 4.69) is 15.6 Å². The molecule has 7 nitrogen and oxygen atoms in total. The molecule has 182 valence electrons. The van der Waals surface area contributed by atoms with Crippen LogP contribution in [0, 0.1) is 0 Å². The number of pyridine rings is 1. The molecule has 1 heterocycles. The Bertz CT molecular complexity index is 1310. The monoisotopic (exact) mass is 481 g/mol. The number of amides is 2. The average molecular weight is 482 g/mol. The van der Waals surface area contributed by atoms with Crippen LogP contribution < -0.4 is 20.1 Å². The van der Waals surface area contributed by atoms with Gasteiger partial charge in [-0.3, -0.25) is 14.6 Å². The summed E-state index contributed by atoms with van der Waals surface area (Å²) in [5.74, 6) is 0.593. The van der Waals surface area contributed by atoms with E-state index in [1.807, 2.05) is 55.5 Å². The van der Waals surface area contributed by atoms with Crippen LogP contribution in [-0.4, -0.2) is 23.4 Å². The topological polar surface area (TPSA) is 89.5 Å². The SMILES string of the molecule is CCOc1cc(C(=O)NCc2cccc(C(=O)Nc3ccccc3)c2)ccc1OCc1ccncc1. The minimum Gasteiger partial charge on any atom is -0.490 e. The lowest BCUT2D eigenvalue weighted by atomic mass is 10.1. The molecule has 0 aliphatic heterocycles. The smallest absolute Gasteiger partial charge is 0.255 e. The summed E-state index contributed by atoms with van der Waals surface area (Å²) < 4.78 is 11.6. The van der Waals surface area contributed by atoms with Crippen LogP contribution in [-0.2, 0) is 13.2 Å². The molecular formula is C29H27N3O4. The molecule has 0 radical (unpaired) electrons. The molecule has 0 spiro atoms. The highest BCUT2D eigenvalue weighted by Gasteiger charge is 2.13. The van der Waals surface area contributed by atoms with Crippen molar-refractivity contribution >= 4 is 17.5 Å². The molecule has 4 rings (SSSR count). The van der Waals surface area contributed by atoms with Crippen LogP contribution in [0.4, 0.5) is 5.69 Å². The maximum absolute atomic E-state index is 12.8. The van der Waals surface area contributed by atoms with Gasteiger partial charge in [0.15, 0.2) is 11.5 Å². The summed E-state index contributed by atoms with van der Waals surface area (Å²) in [6, 6.07) is 25.3. The zero-order chi connectivity index (χ0) is 25.2. The quantitative estimate of drug-likeness (QED) is 0.323. The number of para-hydroxylation sites is 1. The van der Waals surface area contributed by atoms with Crippen LogP contribution in [0.25, 0.3) is 0 Å². The van der Waals surface area contributed by atoms with Crippen LogP contribution in [0.2, 0.25) is 0 Å². The van der Waals surface area contributed by atoms with Gasteiger partial charge in [0.25, 0.3) is 11.8 Å². The standard InChI is InChI=1S/C29H27N3O4/c1-2-35-27-18-24(11-12-26(27)36-20-21-13-15-30-16-14-21)28(33)31-19-22-7-6-8-23(17-22)29(34)32-25-9-4-3-5-10-25/h3-18H,2,19-20H2,1H3,(H,31,33)(H,32,34). The molecule has 3 aromatic carbocycles. The molecule has 0 bridgehead atoms. The molecule has 7 heteroatoms. The molecule has 0 saturated heterocycles. The van der Waals surface area contributed by atoms with Crippen molar-refractivity contribution < 1.29 is 19.1 Å². The first-order valence-corrected chi connectivity index (χ1v) is 11.6. The van der Waals surface area contributed by atoms with E-state index in [0.29, 0.717) is 35.8 Å². The minimum atomic E-state index is -0.254. The van der Waals surface area contributed by atoms with E-state index >= 15 is 0 Å². The van der Waals surface area contributed by atoms with Gasteiger partial charge < -0.3 is 20.1 Å². The largest absolute Gasteiger partial charge is 0.490 e. The number of benzene rings is 3. The van der Waals surface area contributed by atoms with Gasteiger partial charge in [0.1, 0.15) is 6.61 Å². The number of nitrogens with one attached hydrogen (secondary N) is 2. The number of ether oxygens (including phenoxy) is 2. The Morgan fingerprint density at radius 2 is 1.53 bits per heavy atom. The molecular weight excluding hydrogens is 454 g/mol. The summed E-state index contributed by atoms with van der Waals surface area (Å²) in [5.41, 5.74) is 3.48. The highest BCUT2D eigenvalue weighted by Crippen LogP contribution is 2.29. The summed E-state index contributed by atoms with van der Waals surface area (Å²) in [7, 11) is 0. The highest BCUT2D eigenvalue weighted by atomic mass is 16.5. The van der Waals surface area contributed by atoms with Crippen molar-refractivity contribution in [1.29, 1.82) is 0 Å². The fraction of sp³-hybridized carbons (Fsp3) is 0.138. The summed E-state index contributed by atoms with van der Waals surface area (Å²) in [6.45, 7) is 2.95. The molecule has 2 amide bonds. The molecule has 1 aromatic heterocycles. The van der Waals surface area contributed by atoms with Crippen molar-refractivity contribution in [1.82, 2.24) is 10.3 Å². The molecule has 2 N–H and O–H groups in total. The molecule has 0 fully saturated rings. The maximum Gasteiger partial charge on any atom is 0.255 e. The number of carbonyl (C=O) groups is 2. The second kappa shape index (κ2) is 12.2. The second-order valence-electron chi connectivity index (χ2n) is 7.94. The molecule has 0 saturated carbocycles.